The first kappa shape index (κ1) is 15.9. The molecule has 2 aromatic heterocycles. The number of hydrogen-bond donors (Lipinski definition) is 1. The Morgan fingerprint density at radius 1 is 1.39 bits per heavy atom. The van der Waals surface area contributed by atoms with Crippen LogP contribution in [0, 0.1) is 0 Å². The zero-order valence-corrected chi connectivity index (χ0v) is 14.7. The zero-order chi connectivity index (χ0) is 16.4. The average Bonchev–Trinajstić information content (AvgIpc) is 3.38. The lowest BCUT2D eigenvalue weighted by Gasteiger charge is -2.12. The van der Waals surface area contributed by atoms with Crippen molar-refractivity contribution in [3.63, 3.8) is 0 Å². The third kappa shape index (κ3) is 3.85. The highest BCUT2D eigenvalue weighted by Crippen LogP contribution is 2.38. The lowest BCUT2D eigenvalue weighted by molar-refractivity contribution is 0.0944. The molecular formula is C16H18BrN5O. The molecule has 23 heavy (non-hydrogen) atoms. The number of aromatic nitrogens is 3. The Balaban J connectivity index is 1.70. The van der Waals surface area contributed by atoms with Crippen molar-refractivity contribution in [2.45, 2.75) is 25.3 Å². The first-order chi connectivity index (χ1) is 11.0. The summed E-state index contributed by atoms with van der Waals surface area (Å²) in [6.07, 6.45) is 5.61. The molecule has 0 aliphatic heterocycles. The molecule has 1 N–H and O–H groups in total. The molecule has 1 amide bonds. The normalized spacial score (nSPS) is 13.7. The quantitative estimate of drug-likeness (QED) is 0.868. The smallest absolute Gasteiger partial charge is 0.271 e. The standard InChI is InChI=1S/C16H18BrN5O/c1-22(2)13-7-10(5-6-18-13)8-20-16(23)14-12(17)9-19-15(21-14)11-3-4-11/h5-7,9,11H,3-4,8H2,1-2H3,(H,20,23). The van der Waals surface area contributed by atoms with E-state index in [9.17, 15) is 4.79 Å². The van der Waals surface area contributed by atoms with Gasteiger partial charge in [0.2, 0.25) is 0 Å². The van der Waals surface area contributed by atoms with E-state index in [0.29, 0.717) is 22.6 Å². The van der Waals surface area contributed by atoms with Crippen molar-refractivity contribution in [2.75, 3.05) is 19.0 Å². The number of nitrogens with zero attached hydrogens (tertiary/aromatic N) is 4. The number of anilines is 1. The van der Waals surface area contributed by atoms with Gasteiger partial charge in [0.05, 0.1) is 4.47 Å². The maximum atomic E-state index is 12.4. The van der Waals surface area contributed by atoms with Gasteiger partial charge in [-0.15, -0.1) is 0 Å². The molecule has 0 atom stereocenters. The maximum Gasteiger partial charge on any atom is 0.271 e. The SMILES string of the molecule is CN(C)c1cc(CNC(=O)c2nc(C3CC3)ncc2Br)ccn1. The van der Waals surface area contributed by atoms with Gasteiger partial charge in [0.15, 0.2) is 0 Å². The second kappa shape index (κ2) is 6.62. The van der Waals surface area contributed by atoms with E-state index in [4.69, 9.17) is 0 Å². The van der Waals surface area contributed by atoms with Crippen LogP contribution in [0.3, 0.4) is 0 Å². The molecule has 0 bridgehead atoms. The summed E-state index contributed by atoms with van der Waals surface area (Å²) in [5.41, 5.74) is 1.38. The van der Waals surface area contributed by atoms with E-state index in [1.165, 1.54) is 0 Å². The molecule has 0 saturated heterocycles. The minimum Gasteiger partial charge on any atom is -0.363 e. The number of carbonyl (C=O) groups is 1. The van der Waals surface area contributed by atoms with Gasteiger partial charge in [0.1, 0.15) is 17.3 Å². The highest BCUT2D eigenvalue weighted by Gasteiger charge is 2.28. The van der Waals surface area contributed by atoms with E-state index in [-0.39, 0.29) is 5.91 Å². The van der Waals surface area contributed by atoms with Crippen molar-refractivity contribution < 1.29 is 4.79 Å². The number of halogens is 1. The fourth-order valence-electron chi connectivity index (χ4n) is 2.16. The molecule has 0 unspecified atom stereocenters. The molecular weight excluding hydrogens is 358 g/mol. The van der Waals surface area contributed by atoms with E-state index in [0.717, 1.165) is 30.0 Å². The van der Waals surface area contributed by atoms with E-state index in [1.807, 2.05) is 31.1 Å². The molecule has 0 radical (unpaired) electrons. The van der Waals surface area contributed by atoms with Gasteiger partial charge in [-0.3, -0.25) is 4.79 Å². The monoisotopic (exact) mass is 375 g/mol. The highest BCUT2D eigenvalue weighted by atomic mass is 79.9. The molecule has 0 aromatic carbocycles. The van der Waals surface area contributed by atoms with E-state index in [2.05, 4.69) is 36.2 Å². The average molecular weight is 376 g/mol. The Morgan fingerprint density at radius 3 is 2.87 bits per heavy atom. The van der Waals surface area contributed by atoms with Crippen LogP contribution >= 0.6 is 15.9 Å². The number of rotatable bonds is 5. The first-order valence-electron chi connectivity index (χ1n) is 7.47. The summed E-state index contributed by atoms with van der Waals surface area (Å²) in [6.45, 7) is 0.428. The summed E-state index contributed by atoms with van der Waals surface area (Å²) in [4.78, 5) is 27.3. The van der Waals surface area contributed by atoms with Crippen LogP contribution in [0.15, 0.2) is 29.0 Å². The van der Waals surface area contributed by atoms with Gasteiger partial charge >= 0.3 is 0 Å². The van der Waals surface area contributed by atoms with Gasteiger partial charge in [-0.25, -0.2) is 15.0 Å². The van der Waals surface area contributed by atoms with Crippen LogP contribution in [-0.4, -0.2) is 35.0 Å². The Bertz CT molecular complexity index is 730. The summed E-state index contributed by atoms with van der Waals surface area (Å²) in [7, 11) is 3.87. The van der Waals surface area contributed by atoms with Crippen molar-refractivity contribution in [1.82, 2.24) is 20.3 Å². The van der Waals surface area contributed by atoms with E-state index in [1.54, 1.807) is 12.4 Å². The predicted octanol–water partition coefficient (Wildman–Crippen LogP) is 2.51. The van der Waals surface area contributed by atoms with Crippen LogP contribution in [0.25, 0.3) is 0 Å². The third-order valence-electron chi connectivity index (χ3n) is 3.64. The molecule has 1 fully saturated rings. The number of hydrogen-bond acceptors (Lipinski definition) is 5. The summed E-state index contributed by atoms with van der Waals surface area (Å²) in [5, 5.41) is 2.90. The number of amides is 1. The Hall–Kier alpha value is -2.02. The first-order valence-corrected chi connectivity index (χ1v) is 8.27. The van der Waals surface area contributed by atoms with Crippen LogP contribution < -0.4 is 10.2 Å². The van der Waals surface area contributed by atoms with Gasteiger partial charge in [-0.1, -0.05) is 0 Å². The van der Waals surface area contributed by atoms with Gasteiger partial charge < -0.3 is 10.2 Å². The van der Waals surface area contributed by atoms with Crippen molar-refractivity contribution >= 4 is 27.7 Å². The van der Waals surface area contributed by atoms with Gasteiger partial charge in [-0.2, -0.15) is 0 Å². The molecule has 7 heteroatoms. The molecule has 1 aliphatic rings. The molecule has 1 aliphatic carbocycles. The molecule has 3 rings (SSSR count). The highest BCUT2D eigenvalue weighted by molar-refractivity contribution is 9.10. The number of carbonyl (C=O) groups excluding carboxylic acids is 1. The van der Waals surface area contributed by atoms with Crippen molar-refractivity contribution in [1.29, 1.82) is 0 Å². The Labute approximate surface area is 143 Å². The van der Waals surface area contributed by atoms with Crippen LogP contribution in [0.2, 0.25) is 0 Å². The second-order valence-corrected chi connectivity index (χ2v) is 6.65. The second-order valence-electron chi connectivity index (χ2n) is 5.80. The molecule has 1 saturated carbocycles. The summed E-state index contributed by atoms with van der Waals surface area (Å²) >= 11 is 3.35. The van der Waals surface area contributed by atoms with Crippen LogP contribution in [0.1, 0.15) is 40.6 Å². The summed E-state index contributed by atoms with van der Waals surface area (Å²) < 4.78 is 0.614. The number of nitrogens with one attached hydrogen (secondary N) is 1. The fraction of sp³-hybridized carbons (Fsp3) is 0.375. The summed E-state index contributed by atoms with van der Waals surface area (Å²) in [6, 6.07) is 3.84. The van der Waals surface area contributed by atoms with Crippen molar-refractivity contribution in [3.8, 4) is 0 Å². The topological polar surface area (TPSA) is 71.0 Å². The minimum atomic E-state index is -0.204. The molecule has 0 spiro atoms. The van der Waals surface area contributed by atoms with Gasteiger partial charge in [0.25, 0.3) is 5.91 Å². The van der Waals surface area contributed by atoms with Gasteiger partial charge in [0, 0.05) is 39.0 Å². The fourth-order valence-corrected chi connectivity index (χ4v) is 2.53. The Kier molecular flexibility index (Phi) is 4.56. The molecule has 6 nitrogen and oxygen atoms in total. The van der Waals surface area contributed by atoms with E-state index >= 15 is 0 Å². The van der Waals surface area contributed by atoms with Crippen molar-refractivity contribution in [2.24, 2.45) is 0 Å². The van der Waals surface area contributed by atoms with Crippen LogP contribution in [0.5, 0.6) is 0 Å². The zero-order valence-electron chi connectivity index (χ0n) is 13.1. The summed E-state index contributed by atoms with van der Waals surface area (Å²) in [5.74, 6) is 1.83. The maximum absolute atomic E-state index is 12.4. The van der Waals surface area contributed by atoms with Crippen LogP contribution in [-0.2, 0) is 6.54 Å². The Morgan fingerprint density at radius 2 is 2.17 bits per heavy atom. The largest absolute Gasteiger partial charge is 0.363 e. The predicted molar refractivity (Wildman–Crippen MR) is 91.4 cm³/mol. The van der Waals surface area contributed by atoms with Crippen molar-refractivity contribution in [3.05, 3.63) is 46.1 Å². The van der Waals surface area contributed by atoms with Crippen LogP contribution in [0.4, 0.5) is 5.82 Å². The lowest BCUT2D eigenvalue weighted by atomic mass is 10.2. The molecule has 120 valence electrons. The lowest BCUT2D eigenvalue weighted by Crippen LogP contribution is -2.25. The number of pyridine rings is 1. The van der Waals surface area contributed by atoms with E-state index < -0.39 is 0 Å². The molecule has 2 aromatic rings. The van der Waals surface area contributed by atoms with Gasteiger partial charge in [-0.05, 0) is 46.5 Å². The minimum absolute atomic E-state index is 0.204. The molecule has 2 heterocycles. The third-order valence-corrected chi connectivity index (χ3v) is 4.22.